The second-order valence-electron chi connectivity index (χ2n) is 13.2. The molecule has 37 heavy (non-hydrogen) atoms. The van der Waals surface area contributed by atoms with Gasteiger partial charge in [-0.3, -0.25) is 9.35 Å². The molecule has 0 saturated heterocycles. The van der Waals surface area contributed by atoms with E-state index in [1.807, 2.05) is 0 Å². The second-order valence-corrected chi connectivity index (χ2v) is 14.7. The van der Waals surface area contributed by atoms with Crippen LogP contribution in [0.25, 0.3) is 0 Å². The molecule has 10 heteroatoms. The number of carbonyl (C=O) groups is 1. The average Bonchev–Trinajstić information content (AvgIpc) is 3.16. The summed E-state index contributed by atoms with van der Waals surface area (Å²) in [5.74, 6) is 0.0745. The minimum atomic E-state index is -4.32. The standard InChI is InChI=1S/C27H47NO8S/c1-15(4-7-24(33)28-17(13-29)14-37(34,35)36)19-5-6-20-25-21(12-23(32)27(19,20)3)26(2)9-8-18(30)10-16(26)11-22(25)31/h15-23,25,29-32H,4-14H2,1-3H3,(H,28,33)(H,34,35,36). The maximum absolute atomic E-state index is 12.5. The topological polar surface area (TPSA) is 164 Å². The largest absolute Gasteiger partial charge is 0.394 e. The van der Waals surface area contributed by atoms with Crippen LogP contribution in [0.4, 0.5) is 0 Å². The molecule has 9 nitrogen and oxygen atoms in total. The Kier molecular flexibility index (Phi) is 8.41. The van der Waals surface area contributed by atoms with Crippen molar-refractivity contribution < 1.29 is 38.2 Å². The highest BCUT2D eigenvalue weighted by atomic mass is 32.2. The first-order chi connectivity index (χ1) is 17.2. The summed E-state index contributed by atoms with van der Waals surface area (Å²) in [5, 5.41) is 45.2. The van der Waals surface area contributed by atoms with Crippen molar-refractivity contribution in [2.24, 2.45) is 46.3 Å². The summed E-state index contributed by atoms with van der Waals surface area (Å²) >= 11 is 0. The smallest absolute Gasteiger partial charge is 0.266 e. The Morgan fingerprint density at radius 3 is 2.41 bits per heavy atom. The quantitative estimate of drug-likeness (QED) is 0.251. The van der Waals surface area contributed by atoms with E-state index in [4.69, 9.17) is 4.55 Å². The van der Waals surface area contributed by atoms with Crippen molar-refractivity contribution in [3.63, 3.8) is 0 Å². The number of fused-ring (bicyclic) bond motifs is 5. The predicted octanol–water partition coefficient (Wildman–Crippen LogP) is 1.73. The Hall–Kier alpha value is -0.780. The normalized spacial score (nSPS) is 45.3. The Morgan fingerprint density at radius 1 is 1.05 bits per heavy atom. The predicted molar refractivity (Wildman–Crippen MR) is 138 cm³/mol. The van der Waals surface area contributed by atoms with E-state index < -0.39 is 40.7 Å². The van der Waals surface area contributed by atoms with Gasteiger partial charge >= 0.3 is 0 Å². The van der Waals surface area contributed by atoms with Gasteiger partial charge in [-0.05, 0) is 97.7 Å². The van der Waals surface area contributed by atoms with Gasteiger partial charge in [0, 0.05) is 6.42 Å². The summed E-state index contributed by atoms with van der Waals surface area (Å²) in [7, 11) is -4.32. The third-order valence-corrected chi connectivity index (χ3v) is 12.2. The summed E-state index contributed by atoms with van der Waals surface area (Å²) in [5.41, 5.74) is -0.327. The van der Waals surface area contributed by atoms with Crippen LogP contribution in [0.15, 0.2) is 0 Å². The van der Waals surface area contributed by atoms with E-state index in [9.17, 15) is 33.6 Å². The lowest BCUT2D eigenvalue weighted by atomic mass is 9.43. The van der Waals surface area contributed by atoms with Gasteiger partial charge in [0.05, 0.1) is 36.7 Å². The number of aliphatic hydroxyl groups excluding tert-OH is 4. The highest BCUT2D eigenvalue weighted by Gasteiger charge is 2.65. The summed E-state index contributed by atoms with van der Waals surface area (Å²) < 4.78 is 31.2. The number of hydrogen-bond acceptors (Lipinski definition) is 7. The fourth-order valence-electron chi connectivity index (χ4n) is 9.39. The number of amides is 1. The molecular formula is C27H47NO8S. The molecule has 12 atom stereocenters. The van der Waals surface area contributed by atoms with E-state index in [0.717, 1.165) is 32.1 Å². The van der Waals surface area contributed by atoms with Crippen molar-refractivity contribution >= 4 is 16.0 Å². The van der Waals surface area contributed by atoms with Gasteiger partial charge in [0.2, 0.25) is 5.91 Å². The van der Waals surface area contributed by atoms with E-state index in [0.29, 0.717) is 19.3 Å². The summed E-state index contributed by atoms with van der Waals surface area (Å²) in [6.07, 6.45) is 5.20. The number of aliphatic hydroxyl groups is 4. The first-order valence-electron chi connectivity index (χ1n) is 14.1. The molecule has 4 rings (SSSR count). The fourth-order valence-corrected chi connectivity index (χ4v) is 10.1. The number of rotatable bonds is 8. The van der Waals surface area contributed by atoms with Gasteiger partial charge < -0.3 is 25.7 Å². The van der Waals surface area contributed by atoms with E-state index in [-0.39, 0.29) is 64.8 Å². The van der Waals surface area contributed by atoms with Gasteiger partial charge in [-0.15, -0.1) is 0 Å². The zero-order valence-electron chi connectivity index (χ0n) is 22.4. The molecule has 0 aromatic rings. The van der Waals surface area contributed by atoms with Gasteiger partial charge in [-0.2, -0.15) is 8.42 Å². The van der Waals surface area contributed by atoms with Crippen molar-refractivity contribution in [3.05, 3.63) is 0 Å². The van der Waals surface area contributed by atoms with E-state index in [2.05, 4.69) is 26.1 Å². The van der Waals surface area contributed by atoms with Gasteiger partial charge in [-0.25, -0.2) is 0 Å². The molecule has 0 aromatic heterocycles. The van der Waals surface area contributed by atoms with Gasteiger partial charge in [0.1, 0.15) is 0 Å². The lowest BCUT2D eigenvalue weighted by Crippen LogP contribution is -2.62. The molecule has 214 valence electrons. The molecule has 0 spiro atoms. The SMILES string of the molecule is CC(CCC(=O)NC(CO)CS(=O)(=O)O)C1CCC2C3C(O)CC4CC(O)CCC4(C)C3CC(O)C12C. The molecule has 0 aromatic carbocycles. The molecule has 1 amide bonds. The molecule has 4 saturated carbocycles. The zero-order chi connectivity index (χ0) is 27.3. The minimum Gasteiger partial charge on any atom is -0.394 e. The van der Waals surface area contributed by atoms with Gasteiger partial charge in [0.25, 0.3) is 10.1 Å². The number of nitrogens with one attached hydrogen (secondary N) is 1. The van der Waals surface area contributed by atoms with E-state index >= 15 is 0 Å². The number of carbonyl (C=O) groups excluding carboxylic acids is 1. The van der Waals surface area contributed by atoms with Crippen LogP contribution in [-0.4, -0.2) is 76.0 Å². The first kappa shape index (κ1) is 29.2. The third kappa shape index (κ3) is 5.48. The second kappa shape index (κ2) is 10.7. The molecule has 4 aliphatic rings. The van der Waals surface area contributed by atoms with Gasteiger partial charge in [-0.1, -0.05) is 20.8 Å². The Labute approximate surface area is 221 Å². The van der Waals surface area contributed by atoms with Gasteiger partial charge in [0.15, 0.2) is 0 Å². The van der Waals surface area contributed by atoms with Crippen LogP contribution in [0.2, 0.25) is 0 Å². The highest BCUT2D eigenvalue weighted by molar-refractivity contribution is 7.85. The number of hydrogen-bond donors (Lipinski definition) is 6. The van der Waals surface area contributed by atoms with Crippen molar-refractivity contribution in [2.45, 2.75) is 103 Å². The molecule has 6 N–H and O–H groups in total. The summed E-state index contributed by atoms with van der Waals surface area (Å²) in [6, 6.07) is -1.05. The molecule has 0 bridgehead atoms. The minimum absolute atomic E-state index is 0.0263. The Balaban J connectivity index is 1.43. The molecule has 4 aliphatic carbocycles. The Bertz CT molecular complexity index is 945. The molecule has 0 heterocycles. The zero-order valence-corrected chi connectivity index (χ0v) is 23.2. The molecule has 4 fully saturated rings. The summed E-state index contributed by atoms with van der Waals surface area (Å²) in [4.78, 5) is 12.5. The van der Waals surface area contributed by atoms with E-state index in [1.165, 1.54) is 0 Å². The molecule has 0 radical (unpaired) electrons. The summed E-state index contributed by atoms with van der Waals surface area (Å²) in [6.45, 7) is 6.01. The van der Waals surface area contributed by atoms with Crippen molar-refractivity contribution in [3.8, 4) is 0 Å². The lowest BCUT2D eigenvalue weighted by molar-refractivity contribution is -0.207. The van der Waals surface area contributed by atoms with Crippen LogP contribution in [0.1, 0.15) is 78.6 Å². The molecule has 12 unspecified atom stereocenters. The fraction of sp³-hybridized carbons (Fsp3) is 0.963. The van der Waals surface area contributed by atoms with Crippen LogP contribution in [0.3, 0.4) is 0 Å². The monoisotopic (exact) mass is 545 g/mol. The van der Waals surface area contributed by atoms with Crippen molar-refractivity contribution in [2.75, 3.05) is 12.4 Å². The van der Waals surface area contributed by atoms with Crippen LogP contribution < -0.4 is 5.32 Å². The van der Waals surface area contributed by atoms with Crippen LogP contribution >= 0.6 is 0 Å². The molecule has 0 aliphatic heterocycles. The maximum atomic E-state index is 12.5. The van der Waals surface area contributed by atoms with Crippen molar-refractivity contribution in [1.82, 2.24) is 5.32 Å². The van der Waals surface area contributed by atoms with Crippen LogP contribution in [-0.2, 0) is 14.9 Å². The maximum Gasteiger partial charge on any atom is 0.266 e. The third-order valence-electron chi connectivity index (χ3n) is 11.3. The lowest BCUT2D eigenvalue weighted by Gasteiger charge is -2.63. The van der Waals surface area contributed by atoms with Crippen molar-refractivity contribution in [1.29, 1.82) is 0 Å². The van der Waals surface area contributed by atoms with Crippen LogP contribution in [0, 0.1) is 46.3 Å². The molecular weight excluding hydrogens is 498 g/mol. The van der Waals surface area contributed by atoms with E-state index in [1.54, 1.807) is 0 Å². The highest BCUT2D eigenvalue weighted by Crippen LogP contribution is 2.68. The first-order valence-corrected chi connectivity index (χ1v) is 15.7. The Morgan fingerprint density at radius 2 is 1.76 bits per heavy atom. The van der Waals surface area contributed by atoms with Crippen LogP contribution in [0.5, 0.6) is 0 Å². The average molecular weight is 546 g/mol.